The summed E-state index contributed by atoms with van der Waals surface area (Å²) in [6.45, 7) is -0.449. The van der Waals surface area contributed by atoms with Gasteiger partial charge in [-0.25, -0.2) is 4.68 Å². The fraction of sp³-hybridized carbons (Fsp3) is 0.444. The molecule has 0 bridgehead atoms. The smallest absolute Gasteiger partial charge is 0.401 e. The molecule has 0 radical (unpaired) electrons. The van der Waals surface area contributed by atoms with E-state index in [0.717, 1.165) is 11.3 Å². The van der Waals surface area contributed by atoms with Crippen molar-refractivity contribution in [3.8, 4) is 11.6 Å². The lowest BCUT2D eigenvalue weighted by molar-refractivity contribution is -0.125. The molecule has 1 amide bonds. The summed E-state index contributed by atoms with van der Waals surface area (Å²) in [5.41, 5.74) is 1.09. The Morgan fingerprint density at radius 1 is 1.34 bits per heavy atom. The number of carbonyl (C=O) groups is 1. The first-order valence-corrected chi connectivity index (χ1v) is 9.39. The molecule has 0 aliphatic carbocycles. The van der Waals surface area contributed by atoms with E-state index in [1.165, 1.54) is 10.7 Å². The molecule has 1 unspecified atom stereocenters. The lowest BCUT2D eigenvalue weighted by Crippen LogP contribution is -2.43. The normalized spacial score (nSPS) is 20.4. The summed E-state index contributed by atoms with van der Waals surface area (Å²) in [6.07, 6.45) is -4.16. The Morgan fingerprint density at radius 3 is 2.93 bits per heavy atom. The zero-order valence-corrected chi connectivity index (χ0v) is 15.9. The number of nitrogens with zero attached hydrogens (tertiary/aromatic N) is 2. The van der Waals surface area contributed by atoms with E-state index in [0.29, 0.717) is 23.9 Å². The molecule has 2 atom stereocenters. The summed E-state index contributed by atoms with van der Waals surface area (Å²) in [4.78, 5) is 12.5. The van der Waals surface area contributed by atoms with Crippen LogP contribution in [0.15, 0.2) is 24.3 Å². The maximum Gasteiger partial charge on any atom is 0.401 e. The second-order valence-electron chi connectivity index (χ2n) is 6.97. The predicted octanol–water partition coefficient (Wildman–Crippen LogP) is 2.18. The number of nitrogens with one attached hydrogen (secondary N) is 2. The molecule has 2 aromatic rings. The average molecular weight is 431 g/mol. The zero-order chi connectivity index (χ0) is 20.6. The number of alkyl halides is 3. The van der Waals surface area contributed by atoms with Crippen LogP contribution in [0.1, 0.15) is 16.1 Å². The quantitative estimate of drug-likeness (QED) is 0.760. The minimum atomic E-state index is -4.27. The molecule has 156 valence electrons. The minimum absolute atomic E-state index is 0.0335. The molecule has 0 saturated carbocycles. The molecule has 1 aromatic carbocycles. The van der Waals surface area contributed by atoms with E-state index < -0.39 is 18.8 Å². The second-order valence-corrected chi connectivity index (χ2v) is 7.41. The van der Waals surface area contributed by atoms with Crippen molar-refractivity contribution in [1.82, 2.24) is 20.4 Å². The molecule has 4 rings (SSSR count). The van der Waals surface area contributed by atoms with Gasteiger partial charge in [0.25, 0.3) is 5.91 Å². The highest BCUT2D eigenvalue weighted by molar-refractivity contribution is 6.30. The minimum Gasteiger partial charge on any atom is -0.491 e. The predicted molar refractivity (Wildman–Crippen MR) is 97.5 cm³/mol. The number of carbonyl (C=O) groups excluding carboxylic acids is 1. The Morgan fingerprint density at radius 2 is 2.17 bits per heavy atom. The van der Waals surface area contributed by atoms with E-state index in [1.54, 1.807) is 18.2 Å². The van der Waals surface area contributed by atoms with Crippen molar-refractivity contribution in [2.45, 2.75) is 31.3 Å². The Hall–Kier alpha value is -2.46. The van der Waals surface area contributed by atoms with Gasteiger partial charge in [-0.3, -0.25) is 4.79 Å². The maximum atomic E-state index is 12.5. The number of rotatable bonds is 5. The Balaban J connectivity index is 1.30. The van der Waals surface area contributed by atoms with Gasteiger partial charge in [-0.05, 0) is 30.2 Å². The van der Waals surface area contributed by atoms with Gasteiger partial charge < -0.3 is 20.1 Å². The van der Waals surface area contributed by atoms with Crippen molar-refractivity contribution in [3.63, 3.8) is 0 Å². The lowest BCUT2D eigenvalue weighted by atomic mass is 10.0. The van der Waals surface area contributed by atoms with Crippen LogP contribution in [0.3, 0.4) is 0 Å². The van der Waals surface area contributed by atoms with Gasteiger partial charge in [0.15, 0.2) is 5.69 Å². The number of hydrogen-bond acceptors (Lipinski definition) is 5. The second kappa shape index (κ2) is 7.75. The molecule has 2 N–H and O–H groups in total. The highest BCUT2D eigenvalue weighted by Crippen LogP contribution is 2.28. The van der Waals surface area contributed by atoms with Crippen molar-refractivity contribution in [3.05, 3.63) is 40.5 Å². The standard InChI is InChI=1S/C18H18ClF3N4O3/c19-11-1-2-15-10(3-11)4-12(8-28-15)24-17(27)14-5-16-26(25-14)7-13(29-16)6-23-9-18(20,21)22/h1-3,5,12-13,23H,4,6-9H2,(H,24,27)/t12-,13?/m1/s1. The van der Waals surface area contributed by atoms with Crippen molar-refractivity contribution >= 4 is 17.5 Å². The van der Waals surface area contributed by atoms with Gasteiger partial charge in [0.05, 0.1) is 19.1 Å². The summed E-state index contributed by atoms with van der Waals surface area (Å²) in [6, 6.07) is 6.60. The van der Waals surface area contributed by atoms with Crippen LogP contribution in [0.25, 0.3) is 0 Å². The number of halogens is 4. The first-order valence-electron chi connectivity index (χ1n) is 9.01. The third-order valence-corrected chi connectivity index (χ3v) is 4.84. The van der Waals surface area contributed by atoms with Gasteiger partial charge in [0, 0.05) is 17.6 Å². The SMILES string of the molecule is O=C(N[C@H]1COc2ccc(Cl)cc2C1)c1cc2n(n1)CC(CNCC(F)(F)F)O2. The number of amides is 1. The molecule has 2 aliphatic heterocycles. The monoisotopic (exact) mass is 430 g/mol. The Bertz CT molecular complexity index is 895. The van der Waals surface area contributed by atoms with Crippen molar-refractivity contribution in [2.75, 3.05) is 19.7 Å². The molecular weight excluding hydrogens is 413 g/mol. The van der Waals surface area contributed by atoms with Crippen LogP contribution < -0.4 is 20.1 Å². The maximum absolute atomic E-state index is 12.5. The van der Waals surface area contributed by atoms with Crippen molar-refractivity contribution in [2.24, 2.45) is 0 Å². The van der Waals surface area contributed by atoms with Crippen molar-refractivity contribution in [1.29, 1.82) is 0 Å². The van der Waals surface area contributed by atoms with Crippen LogP contribution in [-0.2, 0) is 13.0 Å². The van der Waals surface area contributed by atoms with Gasteiger partial charge in [0.1, 0.15) is 18.5 Å². The van der Waals surface area contributed by atoms with E-state index in [9.17, 15) is 18.0 Å². The summed E-state index contributed by atoms with van der Waals surface area (Å²) in [7, 11) is 0. The van der Waals surface area contributed by atoms with E-state index in [1.807, 2.05) is 0 Å². The molecule has 1 aromatic heterocycles. The first kappa shape index (κ1) is 19.8. The molecule has 7 nitrogen and oxygen atoms in total. The van der Waals surface area contributed by atoms with Crippen LogP contribution in [0.2, 0.25) is 5.02 Å². The number of benzene rings is 1. The van der Waals surface area contributed by atoms with E-state index in [-0.39, 0.29) is 30.7 Å². The van der Waals surface area contributed by atoms with Crippen molar-refractivity contribution < 1.29 is 27.4 Å². The summed E-state index contributed by atoms with van der Waals surface area (Å²) in [5, 5.41) is 9.96. The molecular formula is C18H18ClF3N4O3. The van der Waals surface area contributed by atoms with E-state index >= 15 is 0 Å². The van der Waals surface area contributed by atoms with Crippen LogP contribution >= 0.6 is 11.6 Å². The van der Waals surface area contributed by atoms with E-state index in [2.05, 4.69) is 15.7 Å². The van der Waals surface area contributed by atoms with Crippen LogP contribution in [0, 0.1) is 0 Å². The molecule has 0 saturated heterocycles. The largest absolute Gasteiger partial charge is 0.491 e. The molecule has 11 heteroatoms. The first-order chi connectivity index (χ1) is 13.8. The Kier molecular flexibility index (Phi) is 5.30. The molecule has 0 spiro atoms. The van der Waals surface area contributed by atoms with Gasteiger partial charge in [-0.15, -0.1) is 0 Å². The third kappa shape index (κ3) is 4.76. The zero-order valence-electron chi connectivity index (χ0n) is 15.1. The molecule has 0 fully saturated rings. The van der Waals surface area contributed by atoms with Gasteiger partial charge in [0.2, 0.25) is 5.88 Å². The molecule has 3 heterocycles. The van der Waals surface area contributed by atoms with Crippen LogP contribution in [0.5, 0.6) is 11.6 Å². The number of fused-ring (bicyclic) bond motifs is 2. The third-order valence-electron chi connectivity index (χ3n) is 4.60. The summed E-state index contributed by atoms with van der Waals surface area (Å²) in [5.74, 6) is 0.728. The molecule has 29 heavy (non-hydrogen) atoms. The number of ether oxygens (including phenoxy) is 2. The topological polar surface area (TPSA) is 77.4 Å². The highest BCUT2D eigenvalue weighted by Gasteiger charge is 2.30. The fourth-order valence-electron chi connectivity index (χ4n) is 3.33. The molecule has 2 aliphatic rings. The summed E-state index contributed by atoms with van der Waals surface area (Å²) >= 11 is 6.00. The highest BCUT2D eigenvalue weighted by atomic mass is 35.5. The van der Waals surface area contributed by atoms with Crippen LogP contribution in [0.4, 0.5) is 13.2 Å². The van der Waals surface area contributed by atoms with Gasteiger partial charge >= 0.3 is 6.18 Å². The fourth-order valence-corrected chi connectivity index (χ4v) is 3.53. The Labute approximate surface area is 169 Å². The number of aromatic nitrogens is 2. The van der Waals surface area contributed by atoms with Gasteiger partial charge in [-0.2, -0.15) is 18.3 Å². The average Bonchev–Trinajstić information content (AvgIpc) is 3.19. The van der Waals surface area contributed by atoms with Crippen LogP contribution in [-0.4, -0.2) is 53.7 Å². The summed E-state index contributed by atoms with van der Waals surface area (Å²) < 4.78 is 49.2. The number of hydrogen-bond donors (Lipinski definition) is 2. The lowest BCUT2D eigenvalue weighted by Gasteiger charge is -2.26. The van der Waals surface area contributed by atoms with E-state index in [4.69, 9.17) is 21.1 Å². The van der Waals surface area contributed by atoms with Gasteiger partial charge in [-0.1, -0.05) is 11.6 Å².